The molecule has 1 aliphatic heterocycles. The van der Waals surface area contributed by atoms with Crippen LogP contribution in [0, 0.1) is 0 Å². The average Bonchev–Trinajstić information content (AvgIpc) is 2.86. The molecule has 0 amide bonds. The van der Waals surface area contributed by atoms with E-state index in [1.54, 1.807) is 0 Å². The van der Waals surface area contributed by atoms with Crippen LogP contribution in [0.1, 0.15) is 38.3 Å². The lowest BCUT2D eigenvalue weighted by Crippen LogP contribution is -2.38. The van der Waals surface area contributed by atoms with Gasteiger partial charge in [-0.1, -0.05) is 29.3 Å². The molecule has 2 nitrogen and oxygen atoms in total. The highest BCUT2D eigenvalue weighted by molar-refractivity contribution is 6.42. The van der Waals surface area contributed by atoms with Gasteiger partial charge in [-0.15, -0.1) is 0 Å². The summed E-state index contributed by atoms with van der Waals surface area (Å²) in [5.74, 6) is 0. The summed E-state index contributed by atoms with van der Waals surface area (Å²) in [4.78, 5) is 0. The molecule has 0 spiro atoms. The molecule has 3 atom stereocenters. The first-order chi connectivity index (χ1) is 8.58. The van der Waals surface area contributed by atoms with Crippen molar-refractivity contribution in [3.05, 3.63) is 33.8 Å². The molecule has 1 aliphatic rings. The number of hydrogen-bond donors (Lipinski definition) is 1. The molecule has 4 heteroatoms. The third-order valence-electron chi connectivity index (χ3n) is 3.48. The number of hydrogen-bond acceptors (Lipinski definition) is 2. The number of halogens is 2. The standard InChI is InChI=1S/C14H19Cl2NO/c1-9(11-5-6-12(15)13(16)8-11)17-10(2)14-4-3-7-18-14/h5-6,8-10,14,17H,3-4,7H2,1-2H3. The van der Waals surface area contributed by atoms with Gasteiger partial charge in [-0.3, -0.25) is 0 Å². The van der Waals surface area contributed by atoms with Crippen molar-refractivity contribution in [1.82, 2.24) is 5.32 Å². The molecule has 0 aromatic heterocycles. The average molecular weight is 288 g/mol. The van der Waals surface area contributed by atoms with Crippen LogP contribution >= 0.6 is 23.2 Å². The minimum Gasteiger partial charge on any atom is -0.377 e. The number of rotatable bonds is 4. The van der Waals surface area contributed by atoms with Crippen molar-refractivity contribution < 1.29 is 4.74 Å². The molecule has 1 saturated heterocycles. The zero-order valence-electron chi connectivity index (χ0n) is 10.7. The maximum atomic E-state index is 6.04. The van der Waals surface area contributed by atoms with E-state index in [9.17, 15) is 0 Å². The Hall–Kier alpha value is -0.280. The van der Waals surface area contributed by atoms with E-state index in [4.69, 9.17) is 27.9 Å². The van der Waals surface area contributed by atoms with E-state index < -0.39 is 0 Å². The smallest absolute Gasteiger partial charge is 0.0726 e. The van der Waals surface area contributed by atoms with Crippen molar-refractivity contribution in [2.24, 2.45) is 0 Å². The molecule has 18 heavy (non-hydrogen) atoms. The first-order valence-corrected chi connectivity index (χ1v) is 7.16. The van der Waals surface area contributed by atoms with Gasteiger partial charge in [-0.2, -0.15) is 0 Å². The van der Waals surface area contributed by atoms with E-state index >= 15 is 0 Å². The van der Waals surface area contributed by atoms with Crippen LogP contribution in [-0.4, -0.2) is 18.8 Å². The molecule has 0 radical (unpaired) electrons. The highest BCUT2D eigenvalue weighted by Gasteiger charge is 2.23. The second kappa shape index (κ2) is 6.25. The minimum atomic E-state index is 0.235. The highest BCUT2D eigenvalue weighted by atomic mass is 35.5. The van der Waals surface area contributed by atoms with Crippen LogP contribution in [0.3, 0.4) is 0 Å². The highest BCUT2D eigenvalue weighted by Crippen LogP contribution is 2.26. The van der Waals surface area contributed by atoms with E-state index in [0.717, 1.165) is 25.0 Å². The molecule has 1 aromatic carbocycles. The molecular weight excluding hydrogens is 269 g/mol. The van der Waals surface area contributed by atoms with Gasteiger partial charge < -0.3 is 10.1 Å². The monoisotopic (exact) mass is 287 g/mol. The third-order valence-corrected chi connectivity index (χ3v) is 4.22. The fraction of sp³-hybridized carbons (Fsp3) is 0.571. The lowest BCUT2D eigenvalue weighted by Gasteiger charge is -2.24. The van der Waals surface area contributed by atoms with Crippen LogP contribution in [-0.2, 0) is 4.74 Å². The van der Waals surface area contributed by atoms with E-state index in [1.807, 2.05) is 18.2 Å². The zero-order valence-corrected chi connectivity index (χ0v) is 12.3. The summed E-state index contributed by atoms with van der Waals surface area (Å²) in [6.07, 6.45) is 2.63. The quantitative estimate of drug-likeness (QED) is 0.896. The Morgan fingerprint density at radius 1 is 1.28 bits per heavy atom. The second-order valence-corrected chi connectivity index (χ2v) is 5.72. The molecule has 1 fully saturated rings. The first-order valence-electron chi connectivity index (χ1n) is 6.40. The van der Waals surface area contributed by atoms with Crippen molar-refractivity contribution in [2.45, 2.75) is 44.9 Å². The van der Waals surface area contributed by atoms with Crippen LogP contribution in [0.25, 0.3) is 0 Å². The van der Waals surface area contributed by atoms with Gasteiger partial charge in [0, 0.05) is 18.7 Å². The Morgan fingerprint density at radius 2 is 2.06 bits per heavy atom. The lowest BCUT2D eigenvalue weighted by molar-refractivity contribution is 0.0804. The number of nitrogens with one attached hydrogen (secondary N) is 1. The Bertz CT molecular complexity index is 405. The molecule has 0 aliphatic carbocycles. The number of ether oxygens (including phenoxy) is 1. The van der Waals surface area contributed by atoms with Crippen molar-refractivity contribution in [2.75, 3.05) is 6.61 Å². The molecular formula is C14H19Cl2NO. The SMILES string of the molecule is CC(NC(C)C1CCCO1)c1ccc(Cl)c(Cl)c1. The van der Waals surface area contributed by atoms with Crippen LogP contribution in [0.15, 0.2) is 18.2 Å². The zero-order chi connectivity index (χ0) is 13.1. The fourth-order valence-corrected chi connectivity index (χ4v) is 2.68. The van der Waals surface area contributed by atoms with Crippen molar-refractivity contribution >= 4 is 23.2 Å². The van der Waals surface area contributed by atoms with E-state index in [1.165, 1.54) is 0 Å². The normalized spacial score (nSPS) is 23.0. The molecule has 0 saturated carbocycles. The number of benzene rings is 1. The molecule has 2 rings (SSSR count). The van der Waals surface area contributed by atoms with Gasteiger partial charge in [-0.05, 0) is 44.4 Å². The Labute approximate surface area is 119 Å². The van der Waals surface area contributed by atoms with Crippen LogP contribution in [0.5, 0.6) is 0 Å². The maximum absolute atomic E-state index is 6.04. The van der Waals surface area contributed by atoms with Crippen LogP contribution in [0.4, 0.5) is 0 Å². The molecule has 1 aromatic rings. The summed E-state index contributed by atoms with van der Waals surface area (Å²) >= 11 is 12.0. The third kappa shape index (κ3) is 3.39. The van der Waals surface area contributed by atoms with Gasteiger partial charge in [0.1, 0.15) is 0 Å². The van der Waals surface area contributed by atoms with Gasteiger partial charge in [0.05, 0.1) is 16.1 Å². The topological polar surface area (TPSA) is 21.3 Å². The Kier molecular flexibility index (Phi) is 4.91. The summed E-state index contributed by atoms with van der Waals surface area (Å²) in [5.41, 5.74) is 1.15. The second-order valence-electron chi connectivity index (χ2n) is 4.90. The lowest BCUT2D eigenvalue weighted by atomic mass is 10.0. The van der Waals surface area contributed by atoms with Crippen molar-refractivity contribution in [1.29, 1.82) is 0 Å². The molecule has 100 valence electrons. The van der Waals surface area contributed by atoms with Crippen molar-refractivity contribution in [3.8, 4) is 0 Å². The first kappa shape index (κ1) is 14.1. The minimum absolute atomic E-state index is 0.235. The maximum Gasteiger partial charge on any atom is 0.0726 e. The van der Waals surface area contributed by atoms with Gasteiger partial charge in [0.2, 0.25) is 0 Å². The van der Waals surface area contributed by atoms with Gasteiger partial charge in [0.25, 0.3) is 0 Å². The predicted octanol–water partition coefficient (Wildman–Crippen LogP) is 4.21. The summed E-state index contributed by atoms with van der Waals surface area (Å²) in [7, 11) is 0. The van der Waals surface area contributed by atoms with Gasteiger partial charge >= 0.3 is 0 Å². The summed E-state index contributed by atoms with van der Waals surface area (Å²) in [6, 6.07) is 6.35. The molecule has 0 bridgehead atoms. The summed E-state index contributed by atoms with van der Waals surface area (Å²) < 4.78 is 5.68. The molecule has 1 N–H and O–H groups in total. The largest absolute Gasteiger partial charge is 0.377 e. The van der Waals surface area contributed by atoms with Crippen LogP contribution < -0.4 is 5.32 Å². The van der Waals surface area contributed by atoms with Gasteiger partial charge in [-0.25, -0.2) is 0 Å². The van der Waals surface area contributed by atoms with Crippen molar-refractivity contribution in [3.63, 3.8) is 0 Å². The van der Waals surface area contributed by atoms with E-state index in [0.29, 0.717) is 22.2 Å². The van der Waals surface area contributed by atoms with Crippen LogP contribution in [0.2, 0.25) is 10.0 Å². The predicted molar refractivity (Wildman–Crippen MR) is 76.4 cm³/mol. The Morgan fingerprint density at radius 3 is 2.67 bits per heavy atom. The van der Waals surface area contributed by atoms with E-state index in [2.05, 4.69) is 19.2 Å². The Balaban J connectivity index is 1.97. The fourth-order valence-electron chi connectivity index (χ4n) is 2.38. The van der Waals surface area contributed by atoms with Gasteiger partial charge in [0.15, 0.2) is 0 Å². The molecule has 3 unspecified atom stereocenters. The summed E-state index contributed by atoms with van der Waals surface area (Å²) in [5, 5.41) is 4.76. The summed E-state index contributed by atoms with van der Waals surface area (Å²) in [6.45, 7) is 5.19. The molecule has 1 heterocycles. The van der Waals surface area contributed by atoms with E-state index in [-0.39, 0.29) is 6.04 Å².